The van der Waals surface area contributed by atoms with Crippen LogP contribution in [0.2, 0.25) is 0 Å². The van der Waals surface area contributed by atoms with Crippen molar-refractivity contribution < 1.29 is 4.42 Å². The second-order valence-corrected chi connectivity index (χ2v) is 17.2. The van der Waals surface area contributed by atoms with Crippen LogP contribution >= 0.6 is 0 Å². The Kier molecular flexibility index (Phi) is 9.17. The van der Waals surface area contributed by atoms with E-state index in [4.69, 9.17) is 4.42 Å². The average Bonchev–Trinajstić information content (AvgIpc) is 3.96. The molecule has 0 aliphatic heterocycles. The summed E-state index contributed by atoms with van der Waals surface area (Å²) in [6, 6.07) is 91.9. The van der Waals surface area contributed by atoms with E-state index in [1.54, 1.807) is 0 Å². The molecule has 0 fully saturated rings. The zero-order valence-electron chi connectivity index (χ0n) is 36.6. The van der Waals surface area contributed by atoms with E-state index >= 15 is 0 Å². The molecule has 0 saturated carbocycles. The maximum atomic E-state index is 6.28. The lowest BCUT2D eigenvalue weighted by molar-refractivity contribution is 0.669. The highest BCUT2D eigenvalue weighted by Gasteiger charge is 2.20. The number of aromatic nitrogens is 1. The van der Waals surface area contributed by atoms with Crippen molar-refractivity contribution in [1.82, 2.24) is 4.57 Å². The van der Waals surface area contributed by atoms with Gasteiger partial charge in [-0.25, -0.2) is 0 Å². The second-order valence-electron chi connectivity index (χ2n) is 17.2. The molecule has 0 amide bonds. The molecule has 0 bridgehead atoms. The molecule has 0 saturated heterocycles. The van der Waals surface area contributed by atoms with E-state index in [-0.39, 0.29) is 0 Å². The highest BCUT2D eigenvalue weighted by molar-refractivity contribution is 6.13. The van der Waals surface area contributed by atoms with Gasteiger partial charge < -0.3 is 13.9 Å². The fourth-order valence-corrected chi connectivity index (χ4v) is 10.3. The Morgan fingerprint density at radius 2 is 0.806 bits per heavy atom. The summed E-state index contributed by atoms with van der Waals surface area (Å²) in [5, 5.41) is 7.25. The number of hydrogen-bond donors (Lipinski definition) is 0. The van der Waals surface area contributed by atoms with Crippen molar-refractivity contribution in [2.45, 2.75) is 0 Å². The minimum Gasteiger partial charge on any atom is -0.456 e. The van der Waals surface area contributed by atoms with Gasteiger partial charge in [-0.1, -0.05) is 188 Å². The Balaban J connectivity index is 0.869. The lowest BCUT2D eigenvalue weighted by Gasteiger charge is -2.28. The molecule has 67 heavy (non-hydrogen) atoms. The molecule has 0 unspecified atom stereocenters. The smallest absolute Gasteiger partial charge is 0.136 e. The van der Waals surface area contributed by atoms with Gasteiger partial charge in [0.25, 0.3) is 0 Å². The van der Waals surface area contributed by atoms with E-state index in [1.807, 2.05) is 12.1 Å². The third-order valence-electron chi connectivity index (χ3n) is 13.4. The van der Waals surface area contributed by atoms with E-state index < -0.39 is 0 Å². The quantitative estimate of drug-likeness (QED) is 0.152. The molecule has 0 radical (unpaired) electrons. The maximum Gasteiger partial charge on any atom is 0.136 e. The molecule has 11 aromatic carbocycles. The van der Waals surface area contributed by atoms with Crippen LogP contribution in [0.3, 0.4) is 0 Å². The SMILES string of the molecule is c1cc(-c2ccc(-c3ccc(N(c4ccc(-c5cccc6oc7ccccc7c56)cc4)c4ccccc4-c4cccc5ccccc45)cc3)cc2)cc(-n2c3ccccc3c3ccccc32)c1. The van der Waals surface area contributed by atoms with Crippen molar-refractivity contribution in [2.75, 3.05) is 4.90 Å². The standard InChI is InChI=1S/C64H42N2O/c1-2-18-52-46(14-1)15-12-24-54(52)55-19-3-7-25-59(55)65(50-40-36-47(37-41-50)53-23-13-29-63-64(53)58-22-6-10-28-62(58)67-63)49-38-34-44(35-39-49)43-30-32-45(33-31-43)48-16-11-17-51(42-48)66-60-26-8-4-20-56(60)57-21-5-9-27-61(57)66/h1-42H. The molecule has 0 aliphatic rings. The zero-order chi connectivity index (χ0) is 44.3. The van der Waals surface area contributed by atoms with Crippen molar-refractivity contribution in [1.29, 1.82) is 0 Å². The van der Waals surface area contributed by atoms with Crippen molar-refractivity contribution in [3.63, 3.8) is 0 Å². The summed E-state index contributed by atoms with van der Waals surface area (Å²) in [4.78, 5) is 2.39. The van der Waals surface area contributed by atoms with Crippen LogP contribution in [0.4, 0.5) is 17.1 Å². The first-order chi connectivity index (χ1) is 33.2. The van der Waals surface area contributed by atoms with Crippen LogP contribution in [0.5, 0.6) is 0 Å². The summed E-state index contributed by atoms with van der Waals surface area (Å²) < 4.78 is 8.66. The third kappa shape index (κ3) is 6.59. The van der Waals surface area contributed by atoms with Gasteiger partial charge in [0.05, 0.1) is 16.7 Å². The van der Waals surface area contributed by atoms with Crippen molar-refractivity contribution >= 4 is 71.6 Å². The van der Waals surface area contributed by atoms with Gasteiger partial charge in [-0.3, -0.25) is 0 Å². The number of benzene rings is 11. The Bertz CT molecular complexity index is 3910. The highest BCUT2D eigenvalue weighted by atomic mass is 16.3. The topological polar surface area (TPSA) is 21.3 Å². The van der Waals surface area contributed by atoms with Crippen LogP contribution in [0.25, 0.3) is 105 Å². The first-order valence-electron chi connectivity index (χ1n) is 22.9. The molecule has 0 atom stereocenters. The Labute approximate surface area is 388 Å². The van der Waals surface area contributed by atoms with E-state index in [2.05, 4.69) is 252 Å². The summed E-state index contributed by atoms with van der Waals surface area (Å²) >= 11 is 0. The summed E-state index contributed by atoms with van der Waals surface area (Å²) in [6.45, 7) is 0. The Hall–Kier alpha value is -8.92. The van der Waals surface area contributed by atoms with Gasteiger partial charge in [-0.2, -0.15) is 0 Å². The minimum atomic E-state index is 0.896. The molecule has 0 aliphatic carbocycles. The molecule has 314 valence electrons. The van der Waals surface area contributed by atoms with E-state index in [1.165, 1.54) is 60.4 Å². The van der Waals surface area contributed by atoms with Crippen LogP contribution in [-0.2, 0) is 0 Å². The molecule has 0 N–H and O–H groups in total. The van der Waals surface area contributed by atoms with Crippen LogP contribution in [-0.4, -0.2) is 4.57 Å². The van der Waals surface area contributed by atoms with Crippen LogP contribution in [0, 0.1) is 0 Å². The Morgan fingerprint density at radius 3 is 1.54 bits per heavy atom. The molecule has 2 aromatic heterocycles. The number of fused-ring (bicyclic) bond motifs is 7. The number of anilines is 3. The largest absolute Gasteiger partial charge is 0.456 e. The molecule has 3 heteroatoms. The maximum absolute atomic E-state index is 6.28. The normalized spacial score (nSPS) is 11.6. The van der Waals surface area contributed by atoms with Gasteiger partial charge in [0.1, 0.15) is 11.2 Å². The van der Waals surface area contributed by atoms with Gasteiger partial charge in [-0.05, 0) is 116 Å². The minimum absolute atomic E-state index is 0.896. The summed E-state index contributed by atoms with van der Waals surface area (Å²) in [6.07, 6.45) is 0. The van der Waals surface area contributed by atoms with Crippen LogP contribution in [0.1, 0.15) is 0 Å². The summed E-state index contributed by atoms with van der Waals surface area (Å²) in [5.74, 6) is 0. The first kappa shape index (κ1) is 38.5. The van der Waals surface area contributed by atoms with E-state index in [9.17, 15) is 0 Å². The van der Waals surface area contributed by atoms with Gasteiger partial charge in [0.15, 0.2) is 0 Å². The molecule has 0 spiro atoms. The van der Waals surface area contributed by atoms with Crippen LogP contribution < -0.4 is 4.90 Å². The Morgan fingerprint density at radius 1 is 0.313 bits per heavy atom. The molecular weight excluding hydrogens is 813 g/mol. The monoisotopic (exact) mass is 854 g/mol. The second kappa shape index (κ2) is 16.0. The molecule has 3 nitrogen and oxygen atoms in total. The average molecular weight is 855 g/mol. The van der Waals surface area contributed by atoms with Crippen molar-refractivity contribution in [3.8, 4) is 50.2 Å². The highest BCUT2D eigenvalue weighted by Crippen LogP contribution is 2.44. The molecular formula is C64H42N2O. The number of furan rings is 1. The van der Waals surface area contributed by atoms with Crippen LogP contribution in [0.15, 0.2) is 259 Å². The van der Waals surface area contributed by atoms with Crippen molar-refractivity contribution in [3.05, 3.63) is 255 Å². The van der Waals surface area contributed by atoms with Gasteiger partial charge in [0.2, 0.25) is 0 Å². The summed E-state index contributed by atoms with van der Waals surface area (Å²) in [5.41, 5.74) is 18.0. The third-order valence-corrected chi connectivity index (χ3v) is 13.4. The van der Waals surface area contributed by atoms with Gasteiger partial charge in [-0.15, -0.1) is 0 Å². The predicted octanol–water partition coefficient (Wildman–Crippen LogP) is 18.0. The number of hydrogen-bond acceptors (Lipinski definition) is 2. The summed E-state index contributed by atoms with van der Waals surface area (Å²) in [7, 11) is 0. The fraction of sp³-hybridized carbons (Fsp3) is 0. The fourth-order valence-electron chi connectivity index (χ4n) is 10.3. The van der Waals surface area contributed by atoms with Gasteiger partial charge >= 0.3 is 0 Å². The molecule has 13 rings (SSSR count). The lowest BCUT2D eigenvalue weighted by Crippen LogP contribution is -2.11. The molecule has 2 heterocycles. The predicted molar refractivity (Wildman–Crippen MR) is 282 cm³/mol. The number of nitrogens with zero attached hydrogens (tertiary/aromatic N) is 2. The van der Waals surface area contributed by atoms with Crippen molar-refractivity contribution in [2.24, 2.45) is 0 Å². The lowest BCUT2D eigenvalue weighted by atomic mass is 9.95. The zero-order valence-corrected chi connectivity index (χ0v) is 36.6. The number of rotatable bonds is 8. The number of para-hydroxylation sites is 4. The van der Waals surface area contributed by atoms with E-state index in [0.717, 1.165) is 61.4 Å². The van der Waals surface area contributed by atoms with Gasteiger partial charge in [0, 0.05) is 44.2 Å². The van der Waals surface area contributed by atoms with E-state index in [0.29, 0.717) is 0 Å². The first-order valence-corrected chi connectivity index (χ1v) is 22.9. The molecule has 13 aromatic rings.